The molecular weight excluding hydrogens is 562 g/mol. The molecular formula is C16H8ClF16NO. The van der Waals surface area contributed by atoms with E-state index in [1.54, 1.807) is 0 Å². The Morgan fingerprint density at radius 2 is 1.03 bits per heavy atom. The summed E-state index contributed by atoms with van der Waals surface area (Å²) in [5.41, 5.74) is -0.727. The van der Waals surface area contributed by atoms with E-state index in [0.717, 1.165) is 17.4 Å². The van der Waals surface area contributed by atoms with E-state index in [1.165, 1.54) is 13.0 Å². The van der Waals surface area contributed by atoms with Gasteiger partial charge in [-0.3, -0.25) is 4.79 Å². The van der Waals surface area contributed by atoms with Crippen LogP contribution in [-0.2, 0) is 4.79 Å². The molecule has 0 fully saturated rings. The number of hydrogen-bond donors (Lipinski definition) is 1. The van der Waals surface area contributed by atoms with Crippen LogP contribution in [0.3, 0.4) is 0 Å². The van der Waals surface area contributed by atoms with Crippen molar-refractivity contribution in [3.8, 4) is 0 Å². The fourth-order valence-corrected chi connectivity index (χ4v) is 2.36. The molecule has 0 spiro atoms. The van der Waals surface area contributed by atoms with Gasteiger partial charge in [-0.2, -0.15) is 70.2 Å². The monoisotopic (exact) mass is 569 g/mol. The minimum atomic E-state index is -8.62. The van der Waals surface area contributed by atoms with Crippen molar-refractivity contribution in [2.24, 2.45) is 0 Å². The number of aryl methyl sites for hydroxylation is 1. The molecule has 0 aliphatic heterocycles. The highest BCUT2D eigenvalue weighted by molar-refractivity contribution is 6.22. The summed E-state index contributed by atoms with van der Waals surface area (Å²) in [5.74, 6) is -60.5. The molecule has 35 heavy (non-hydrogen) atoms. The van der Waals surface area contributed by atoms with Crippen molar-refractivity contribution in [3.63, 3.8) is 0 Å². The van der Waals surface area contributed by atoms with Gasteiger partial charge in [-0.15, -0.1) is 0 Å². The molecule has 2 nitrogen and oxygen atoms in total. The Balaban J connectivity index is 3.58. The Morgan fingerprint density at radius 1 is 0.657 bits per heavy atom. The van der Waals surface area contributed by atoms with Crippen LogP contribution in [0.5, 0.6) is 0 Å². The molecule has 0 unspecified atom stereocenters. The first-order chi connectivity index (χ1) is 15.1. The molecule has 0 aromatic heterocycles. The molecule has 0 bridgehead atoms. The summed E-state index contributed by atoms with van der Waals surface area (Å²) in [6, 6.07) is 3.61. The Kier molecular flexibility index (Phi) is 7.47. The number of anilines is 1. The van der Waals surface area contributed by atoms with Crippen LogP contribution in [0.1, 0.15) is 5.56 Å². The van der Waals surface area contributed by atoms with E-state index in [1.807, 2.05) is 0 Å². The highest BCUT2D eigenvalue weighted by Crippen LogP contribution is 2.64. The molecule has 202 valence electrons. The van der Waals surface area contributed by atoms with Crippen molar-refractivity contribution >= 4 is 23.2 Å². The molecule has 1 N–H and O–H groups in total. The normalized spacial score (nSPS) is 15.3. The number of benzene rings is 1. The van der Waals surface area contributed by atoms with Crippen LogP contribution in [0.4, 0.5) is 75.9 Å². The number of rotatable bonds is 9. The number of alkyl halides is 17. The van der Waals surface area contributed by atoms with E-state index >= 15 is 0 Å². The topological polar surface area (TPSA) is 29.1 Å². The van der Waals surface area contributed by atoms with Crippen molar-refractivity contribution in [2.45, 2.75) is 53.8 Å². The molecule has 0 saturated heterocycles. The van der Waals surface area contributed by atoms with Crippen LogP contribution < -0.4 is 5.32 Å². The lowest BCUT2D eigenvalue weighted by Gasteiger charge is -2.42. The summed E-state index contributed by atoms with van der Waals surface area (Å²) < 4.78 is 214. The zero-order valence-electron chi connectivity index (χ0n) is 16.1. The van der Waals surface area contributed by atoms with E-state index in [-0.39, 0.29) is 5.56 Å². The Bertz CT molecular complexity index is 955. The van der Waals surface area contributed by atoms with Crippen LogP contribution in [0.2, 0.25) is 0 Å². The maximum Gasteiger partial charge on any atom is 0.393 e. The van der Waals surface area contributed by atoms with Crippen molar-refractivity contribution < 1.29 is 75.0 Å². The molecule has 19 heteroatoms. The lowest BCUT2D eigenvalue weighted by Crippen LogP contribution is -2.75. The van der Waals surface area contributed by atoms with Gasteiger partial charge in [-0.1, -0.05) is 12.1 Å². The van der Waals surface area contributed by atoms with Gasteiger partial charge in [0.25, 0.3) is 0 Å². The number of halogens is 17. The largest absolute Gasteiger partial charge is 0.393 e. The van der Waals surface area contributed by atoms with Crippen LogP contribution in [-0.4, -0.2) is 52.7 Å². The average molecular weight is 570 g/mol. The first-order valence-corrected chi connectivity index (χ1v) is 8.62. The average Bonchev–Trinajstić information content (AvgIpc) is 2.66. The molecule has 1 rings (SSSR count). The summed E-state index contributed by atoms with van der Waals surface area (Å²) in [7, 11) is 0. The summed E-state index contributed by atoms with van der Waals surface area (Å²) in [6.07, 6.45) is 0. The lowest BCUT2D eigenvalue weighted by molar-refractivity contribution is -0.445. The second kappa shape index (κ2) is 8.47. The van der Waals surface area contributed by atoms with Crippen molar-refractivity contribution in [3.05, 3.63) is 29.8 Å². The fraction of sp³-hybridized carbons (Fsp3) is 0.562. The van der Waals surface area contributed by atoms with Crippen molar-refractivity contribution in [1.82, 2.24) is 0 Å². The maximum absolute atomic E-state index is 13.8. The Hall–Kier alpha value is -2.14. The minimum absolute atomic E-state index is 0.119. The smallest absolute Gasteiger partial charge is 0.321 e. The zero-order valence-corrected chi connectivity index (χ0v) is 16.9. The second-order valence-corrected chi connectivity index (χ2v) is 7.32. The van der Waals surface area contributed by atoms with E-state index < -0.39 is 58.4 Å². The molecule has 1 aromatic rings. The molecule has 0 radical (unpaired) electrons. The summed E-state index contributed by atoms with van der Waals surface area (Å²) in [5, 5.41) is -6.01. The second-order valence-electron chi connectivity index (χ2n) is 6.84. The van der Waals surface area contributed by atoms with E-state index in [9.17, 15) is 75.0 Å². The van der Waals surface area contributed by atoms with E-state index in [2.05, 4.69) is 11.6 Å². The Morgan fingerprint density at radius 3 is 1.40 bits per heavy atom. The van der Waals surface area contributed by atoms with Crippen LogP contribution in [0.15, 0.2) is 24.3 Å². The first kappa shape index (κ1) is 30.9. The minimum Gasteiger partial charge on any atom is -0.321 e. The lowest BCUT2D eigenvalue weighted by atomic mass is 9.89. The highest BCUT2D eigenvalue weighted by Gasteiger charge is 2.95. The van der Waals surface area contributed by atoms with Gasteiger partial charge >= 0.3 is 52.7 Å². The summed E-state index contributed by atoms with van der Waals surface area (Å²) in [4.78, 5) is 11.4. The van der Waals surface area contributed by atoms with E-state index in [4.69, 9.17) is 0 Å². The number of carbonyl (C=O) groups excluding carboxylic acids is 1. The van der Waals surface area contributed by atoms with Crippen LogP contribution in [0.25, 0.3) is 0 Å². The predicted octanol–water partition coefficient (Wildman–Crippen LogP) is 7.21. The molecule has 0 aliphatic carbocycles. The first-order valence-electron chi connectivity index (χ1n) is 8.24. The standard InChI is InChI=1S/C16H8ClF16NO/c1-6-3-2-4-7(5-6)34-8(35)9(18,19)10(20,21)11(22,23)12(24,25)13(26,27)14(28,29)15(30,31)16(17,32)33/h2-5H,1H3,(H,34,35). The molecule has 1 amide bonds. The summed E-state index contributed by atoms with van der Waals surface area (Å²) in [6.45, 7) is 1.22. The quantitative estimate of drug-likeness (QED) is 0.247. The van der Waals surface area contributed by atoms with Crippen molar-refractivity contribution in [2.75, 3.05) is 5.32 Å². The van der Waals surface area contributed by atoms with Gasteiger partial charge < -0.3 is 5.32 Å². The third-order valence-electron chi connectivity index (χ3n) is 4.28. The van der Waals surface area contributed by atoms with Gasteiger partial charge in [0.2, 0.25) is 0 Å². The molecule has 0 saturated carbocycles. The highest BCUT2D eigenvalue weighted by atomic mass is 35.5. The third-order valence-corrected chi connectivity index (χ3v) is 4.52. The van der Waals surface area contributed by atoms with Gasteiger partial charge in [0.1, 0.15) is 0 Å². The van der Waals surface area contributed by atoms with E-state index in [0.29, 0.717) is 6.07 Å². The molecule has 0 aliphatic rings. The fourth-order valence-electron chi connectivity index (χ4n) is 2.24. The van der Waals surface area contributed by atoms with Gasteiger partial charge in [0.15, 0.2) is 0 Å². The number of hydrogen-bond acceptors (Lipinski definition) is 1. The predicted molar refractivity (Wildman–Crippen MR) is 85.2 cm³/mol. The van der Waals surface area contributed by atoms with Gasteiger partial charge in [0.05, 0.1) is 0 Å². The number of nitrogens with one attached hydrogen (secondary N) is 1. The molecule has 1 aromatic carbocycles. The molecule has 0 atom stereocenters. The van der Waals surface area contributed by atoms with Gasteiger partial charge in [-0.25, -0.2) is 0 Å². The zero-order chi connectivity index (χ0) is 28.3. The third kappa shape index (κ3) is 4.34. The van der Waals surface area contributed by atoms with Gasteiger partial charge in [-0.05, 0) is 36.2 Å². The van der Waals surface area contributed by atoms with Gasteiger partial charge in [0, 0.05) is 5.69 Å². The van der Waals surface area contributed by atoms with Crippen molar-refractivity contribution in [1.29, 1.82) is 0 Å². The molecule has 0 heterocycles. The SMILES string of the molecule is Cc1cccc(NC(=O)C(F)(F)C(F)(F)C(F)(F)C(F)(F)C(F)(F)C(F)(F)C(F)(F)C(F)(F)Cl)c1. The van der Waals surface area contributed by atoms with Crippen LogP contribution >= 0.6 is 11.6 Å². The number of carbonyl (C=O) groups is 1. The maximum atomic E-state index is 13.8. The van der Waals surface area contributed by atoms with Crippen LogP contribution in [0, 0.1) is 6.92 Å². The number of amides is 1. The summed E-state index contributed by atoms with van der Waals surface area (Å²) >= 11 is 3.42. The Labute approximate surface area is 188 Å².